The predicted molar refractivity (Wildman–Crippen MR) is 67.2 cm³/mol. The molecular weight excluding hydrogens is 215 g/mol. The van der Waals surface area contributed by atoms with Crippen molar-refractivity contribution in [1.82, 2.24) is 0 Å². The quantitative estimate of drug-likeness (QED) is 0.850. The van der Waals surface area contributed by atoms with E-state index in [1.165, 1.54) is 25.0 Å². The van der Waals surface area contributed by atoms with Crippen LogP contribution in [-0.4, -0.2) is 11.2 Å². The standard InChI is InChI=1S/C15H21FO/c1-15(2)9-3-4-13(15)14(17)10-11-5-7-12(16)8-6-11/h5-8,13-14,17H,3-4,9-10H2,1-2H3. The number of halogens is 1. The highest BCUT2D eigenvalue weighted by molar-refractivity contribution is 5.17. The van der Waals surface area contributed by atoms with Crippen LogP contribution in [-0.2, 0) is 6.42 Å². The first-order valence-corrected chi connectivity index (χ1v) is 6.41. The highest BCUT2D eigenvalue weighted by Crippen LogP contribution is 2.44. The second-order valence-electron chi connectivity index (χ2n) is 5.89. The summed E-state index contributed by atoms with van der Waals surface area (Å²) in [5.41, 5.74) is 1.25. The van der Waals surface area contributed by atoms with Crippen molar-refractivity contribution in [3.05, 3.63) is 35.6 Å². The normalized spacial score (nSPS) is 24.8. The zero-order valence-electron chi connectivity index (χ0n) is 10.6. The average molecular weight is 236 g/mol. The molecule has 1 fully saturated rings. The van der Waals surface area contributed by atoms with E-state index in [1.807, 2.05) is 0 Å². The predicted octanol–water partition coefficient (Wildman–Crippen LogP) is 3.56. The van der Waals surface area contributed by atoms with Crippen LogP contribution < -0.4 is 0 Å². The molecule has 1 aromatic carbocycles. The van der Waals surface area contributed by atoms with Gasteiger partial charge in [-0.05, 0) is 48.3 Å². The van der Waals surface area contributed by atoms with Gasteiger partial charge in [0.15, 0.2) is 0 Å². The van der Waals surface area contributed by atoms with E-state index in [1.54, 1.807) is 12.1 Å². The number of rotatable bonds is 3. The molecule has 1 nitrogen and oxygen atoms in total. The summed E-state index contributed by atoms with van der Waals surface area (Å²) >= 11 is 0. The Bertz CT molecular complexity index is 369. The minimum absolute atomic E-state index is 0.218. The minimum atomic E-state index is -0.307. The van der Waals surface area contributed by atoms with Crippen LogP contribution in [0.5, 0.6) is 0 Å². The van der Waals surface area contributed by atoms with Gasteiger partial charge in [-0.3, -0.25) is 0 Å². The number of benzene rings is 1. The summed E-state index contributed by atoms with van der Waals surface area (Å²) in [5.74, 6) is 0.150. The van der Waals surface area contributed by atoms with Crippen molar-refractivity contribution in [3.63, 3.8) is 0 Å². The van der Waals surface area contributed by atoms with Gasteiger partial charge in [-0.25, -0.2) is 4.39 Å². The van der Waals surface area contributed by atoms with E-state index in [2.05, 4.69) is 13.8 Å². The van der Waals surface area contributed by atoms with Gasteiger partial charge in [-0.1, -0.05) is 32.4 Å². The molecule has 0 radical (unpaired) electrons. The fourth-order valence-corrected chi connectivity index (χ4v) is 3.07. The van der Waals surface area contributed by atoms with Crippen LogP contribution in [0.15, 0.2) is 24.3 Å². The lowest BCUT2D eigenvalue weighted by Gasteiger charge is -2.31. The van der Waals surface area contributed by atoms with Gasteiger partial charge in [0.05, 0.1) is 6.10 Å². The molecule has 17 heavy (non-hydrogen) atoms. The van der Waals surface area contributed by atoms with Gasteiger partial charge >= 0.3 is 0 Å². The molecule has 2 heteroatoms. The summed E-state index contributed by atoms with van der Waals surface area (Å²) < 4.78 is 12.8. The van der Waals surface area contributed by atoms with Crippen molar-refractivity contribution >= 4 is 0 Å². The first-order valence-electron chi connectivity index (χ1n) is 6.41. The van der Waals surface area contributed by atoms with E-state index < -0.39 is 0 Å². The Hall–Kier alpha value is -0.890. The van der Waals surface area contributed by atoms with Gasteiger partial charge in [0.25, 0.3) is 0 Å². The topological polar surface area (TPSA) is 20.2 Å². The molecule has 94 valence electrons. The van der Waals surface area contributed by atoms with Crippen molar-refractivity contribution in [1.29, 1.82) is 0 Å². The molecule has 0 aromatic heterocycles. The van der Waals surface area contributed by atoms with Crippen LogP contribution in [0.2, 0.25) is 0 Å². The third-order valence-corrected chi connectivity index (χ3v) is 4.16. The van der Waals surface area contributed by atoms with E-state index in [0.29, 0.717) is 12.3 Å². The lowest BCUT2D eigenvalue weighted by atomic mass is 9.77. The van der Waals surface area contributed by atoms with Gasteiger partial charge in [0.1, 0.15) is 5.82 Å². The second-order valence-corrected chi connectivity index (χ2v) is 5.89. The van der Waals surface area contributed by atoms with Gasteiger partial charge in [0.2, 0.25) is 0 Å². The molecule has 0 bridgehead atoms. The molecule has 0 spiro atoms. The number of aliphatic hydroxyl groups excluding tert-OH is 1. The van der Waals surface area contributed by atoms with Crippen molar-refractivity contribution in [2.24, 2.45) is 11.3 Å². The lowest BCUT2D eigenvalue weighted by molar-refractivity contribution is 0.0543. The third kappa shape index (κ3) is 2.86. The maximum Gasteiger partial charge on any atom is 0.123 e. The summed E-state index contributed by atoms with van der Waals surface area (Å²) in [6.45, 7) is 4.47. The molecule has 2 atom stereocenters. The van der Waals surface area contributed by atoms with Crippen LogP contribution in [0.3, 0.4) is 0 Å². The molecule has 0 amide bonds. The molecule has 1 aliphatic rings. The first-order chi connectivity index (χ1) is 7.99. The van der Waals surface area contributed by atoms with Crippen LogP contribution in [0, 0.1) is 17.2 Å². The molecule has 0 heterocycles. The fourth-order valence-electron chi connectivity index (χ4n) is 3.07. The van der Waals surface area contributed by atoms with Crippen LogP contribution in [0.25, 0.3) is 0 Å². The molecular formula is C15H21FO. The highest BCUT2D eigenvalue weighted by atomic mass is 19.1. The minimum Gasteiger partial charge on any atom is -0.392 e. The SMILES string of the molecule is CC1(C)CCCC1C(O)Cc1ccc(F)cc1. The van der Waals surface area contributed by atoms with Crippen molar-refractivity contribution in [3.8, 4) is 0 Å². The second kappa shape index (κ2) is 4.77. The molecule has 0 aliphatic heterocycles. The molecule has 0 saturated heterocycles. The van der Waals surface area contributed by atoms with E-state index in [-0.39, 0.29) is 17.3 Å². The van der Waals surface area contributed by atoms with Crippen LogP contribution in [0.1, 0.15) is 38.7 Å². The molecule has 2 rings (SSSR count). The number of hydrogen-bond donors (Lipinski definition) is 1. The molecule has 2 unspecified atom stereocenters. The van der Waals surface area contributed by atoms with Crippen molar-refractivity contribution in [2.75, 3.05) is 0 Å². The Kier molecular flexibility index (Phi) is 3.53. The summed E-state index contributed by atoms with van der Waals surface area (Å²) in [5, 5.41) is 10.3. The zero-order chi connectivity index (χ0) is 12.5. The Morgan fingerprint density at radius 2 is 2.00 bits per heavy atom. The average Bonchev–Trinajstić information content (AvgIpc) is 2.61. The van der Waals surface area contributed by atoms with Crippen LogP contribution >= 0.6 is 0 Å². The van der Waals surface area contributed by atoms with E-state index in [4.69, 9.17) is 0 Å². The Morgan fingerprint density at radius 3 is 2.53 bits per heavy atom. The summed E-state index contributed by atoms with van der Waals surface area (Å²) in [6, 6.07) is 6.45. The Balaban J connectivity index is 2.01. The van der Waals surface area contributed by atoms with E-state index in [0.717, 1.165) is 12.0 Å². The monoisotopic (exact) mass is 236 g/mol. The van der Waals surface area contributed by atoms with E-state index >= 15 is 0 Å². The van der Waals surface area contributed by atoms with Crippen LogP contribution in [0.4, 0.5) is 4.39 Å². The maximum atomic E-state index is 12.8. The smallest absolute Gasteiger partial charge is 0.123 e. The van der Waals surface area contributed by atoms with Gasteiger partial charge in [-0.2, -0.15) is 0 Å². The van der Waals surface area contributed by atoms with Gasteiger partial charge in [0, 0.05) is 0 Å². The Morgan fingerprint density at radius 1 is 1.35 bits per heavy atom. The number of aliphatic hydroxyl groups is 1. The molecule has 1 aliphatic carbocycles. The Labute approximate surface area is 103 Å². The maximum absolute atomic E-state index is 12.8. The number of hydrogen-bond acceptors (Lipinski definition) is 1. The zero-order valence-corrected chi connectivity index (χ0v) is 10.6. The third-order valence-electron chi connectivity index (χ3n) is 4.16. The molecule has 1 saturated carbocycles. The first kappa shape index (κ1) is 12.6. The van der Waals surface area contributed by atoms with Crippen molar-refractivity contribution < 1.29 is 9.50 Å². The highest BCUT2D eigenvalue weighted by Gasteiger charge is 2.38. The largest absolute Gasteiger partial charge is 0.392 e. The summed E-state index contributed by atoms with van der Waals surface area (Å²) in [7, 11) is 0. The fraction of sp³-hybridized carbons (Fsp3) is 0.600. The summed E-state index contributed by atoms with van der Waals surface area (Å²) in [6.07, 6.45) is 3.83. The van der Waals surface area contributed by atoms with Gasteiger partial charge < -0.3 is 5.11 Å². The van der Waals surface area contributed by atoms with E-state index in [9.17, 15) is 9.50 Å². The molecule has 1 N–H and O–H groups in total. The van der Waals surface area contributed by atoms with Gasteiger partial charge in [-0.15, -0.1) is 0 Å². The molecule has 1 aromatic rings. The lowest BCUT2D eigenvalue weighted by Crippen LogP contribution is -2.31. The summed E-state index contributed by atoms with van der Waals surface area (Å²) in [4.78, 5) is 0. The van der Waals surface area contributed by atoms with Crippen molar-refractivity contribution in [2.45, 2.75) is 45.6 Å².